The Bertz CT molecular complexity index is 733. The van der Waals surface area contributed by atoms with Crippen LogP contribution in [0.15, 0.2) is 48.8 Å². The van der Waals surface area contributed by atoms with Gasteiger partial charge in [-0.15, -0.1) is 0 Å². The molecule has 1 heterocycles. The van der Waals surface area contributed by atoms with E-state index in [0.29, 0.717) is 0 Å². The van der Waals surface area contributed by atoms with E-state index in [0.717, 1.165) is 10.5 Å². The van der Waals surface area contributed by atoms with Crippen LogP contribution in [0.1, 0.15) is 21.5 Å². The van der Waals surface area contributed by atoms with E-state index < -0.39 is 15.8 Å². The molecule has 126 valence electrons. The van der Waals surface area contributed by atoms with Gasteiger partial charge in [0.1, 0.15) is 6.61 Å². The highest BCUT2D eigenvalue weighted by atomic mass is 35.6. The number of alkyl halides is 3. The molecule has 2 rings (SSSR count). The predicted molar refractivity (Wildman–Crippen MR) is 92.2 cm³/mol. The van der Waals surface area contributed by atoms with Crippen molar-refractivity contribution in [2.75, 3.05) is 7.05 Å². The van der Waals surface area contributed by atoms with Crippen LogP contribution in [0.25, 0.3) is 0 Å². The summed E-state index contributed by atoms with van der Waals surface area (Å²) in [6.45, 7) is 0.0433. The topological polar surface area (TPSA) is 59.5 Å². The van der Waals surface area contributed by atoms with Gasteiger partial charge in [0.2, 0.25) is 3.79 Å². The Balaban J connectivity index is 2.11. The molecule has 1 aromatic heterocycles. The van der Waals surface area contributed by atoms with Crippen LogP contribution in [0, 0.1) is 0 Å². The van der Waals surface area contributed by atoms with Crippen LogP contribution < -0.4 is 0 Å². The molecule has 0 saturated heterocycles. The second-order valence-corrected chi connectivity index (χ2v) is 7.10. The molecular weight excluding hydrogens is 375 g/mol. The van der Waals surface area contributed by atoms with E-state index in [1.807, 2.05) is 18.2 Å². The monoisotopic (exact) mass is 386 g/mol. The highest BCUT2D eigenvalue weighted by Crippen LogP contribution is 2.39. The summed E-state index contributed by atoms with van der Waals surface area (Å²) in [6, 6.07) is 10.5. The van der Waals surface area contributed by atoms with E-state index in [2.05, 4.69) is 4.98 Å². The number of benzene rings is 1. The van der Waals surface area contributed by atoms with E-state index in [1.54, 1.807) is 12.1 Å². The van der Waals surface area contributed by atoms with Gasteiger partial charge in [0, 0.05) is 25.0 Å². The highest BCUT2D eigenvalue weighted by molar-refractivity contribution is 6.67. The molecule has 0 atom stereocenters. The summed E-state index contributed by atoms with van der Waals surface area (Å²) >= 11 is 17.5. The first-order valence-electron chi connectivity index (χ1n) is 6.80. The van der Waals surface area contributed by atoms with E-state index in [9.17, 15) is 9.59 Å². The number of imide groups is 1. The summed E-state index contributed by atoms with van der Waals surface area (Å²) in [5.41, 5.74) is 0.946. The highest BCUT2D eigenvalue weighted by Gasteiger charge is 2.31. The molecule has 2 aromatic rings. The Hall–Kier alpha value is -1.82. The number of hydrogen-bond acceptors (Lipinski definition) is 4. The molecule has 5 nitrogen and oxygen atoms in total. The molecule has 1 aromatic carbocycles. The number of halogens is 3. The maximum absolute atomic E-state index is 12.5. The maximum Gasteiger partial charge on any atom is 0.416 e. The lowest BCUT2D eigenvalue weighted by molar-refractivity contribution is 0.0691. The molecule has 0 spiro atoms. The normalized spacial score (nSPS) is 11.0. The third kappa shape index (κ3) is 4.60. The van der Waals surface area contributed by atoms with Crippen molar-refractivity contribution in [3.63, 3.8) is 0 Å². The molecule has 0 N–H and O–H groups in total. The first-order valence-corrected chi connectivity index (χ1v) is 7.94. The number of aromatic nitrogens is 1. The number of carbonyl (C=O) groups excluding carboxylic acids is 2. The van der Waals surface area contributed by atoms with Crippen molar-refractivity contribution in [1.82, 2.24) is 9.88 Å². The molecule has 0 aliphatic rings. The fourth-order valence-electron chi connectivity index (χ4n) is 1.89. The number of carbonyl (C=O) groups is 2. The minimum absolute atomic E-state index is 0.0108. The van der Waals surface area contributed by atoms with Gasteiger partial charge in [-0.1, -0.05) is 65.1 Å². The van der Waals surface area contributed by atoms with Crippen LogP contribution in [0.3, 0.4) is 0 Å². The summed E-state index contributed by atoms with van der Waals surface area (Å²) in [5.74, 6) is -0.678. The van der Waals surface area contributed by atoms with Crippen LogP contribution in [-0.2, 0) is 15.1 Å². The van der Waals surface area contributed by atoms with Gasteiger partial charge in [-0.2, -0.15) is 0 Å². The lowest BCUT2D eigenvalue weighted by Crippen LogP contribution is -2.34. The molecule has 0 bridgehead atoms. The van der Waals surface area contributed by atoms with E-state index in [1.165, 1.54) is 25.5 Å². The summed E-state index contributed by atoms with van der Waals surface area (Å²) in [7, 11) is 1.28. The van der Waals surface area contributed by atoms with Gasteiger partial charge in [0.25, 0.3) is 5.91 Å². The summed E-state index contributed by atoms with van der Waals surface area (Å²) < 4.78 is 3.29. The van der Waals surface area contributed by atoms with Crippen molar-refractivity contribution < 1.29 is 14.3 Å². The molecule has 2 amide bonds. The molecule has 8 heteroatoms. The minimum Gasteiger partial charge on any atom is -0.444 e. The molecule has 0 aliphatic carbocycles. The fourth-order valence-corrected chi connectivity index (χ4v) is 2.39. The first-order chi connectivity index (χ1) is 11.3. The summed E-state index contributed by atoms with van der Waals surface area (Å²) in [4.78, 5) is 29.2. The Morgan fingerprint density at radius 1 is 1.17 bits per heavy atom. The standard InChI is InChI=1S/C16H13Cl3N2O3/c1-21(15(23)24-10-11-5-3-2-4-6-11)14(22)12-9-20-8-7-13(12)16(17,18)19/h2-9H,10H2,1H3. The van der Waals surface area contributed by atoms with Crippen molar-refractivity contribution in [1.29, 1.82) is 0 Å². The molecule has 0 unspecified atom stereocenters. The third-order valence-electron chi connectivity index (χ3n) is 3.14. The Morgan fingerprint density at radius 2 is 1.83 bits per heavy atom. The lowest BCUT2D eigenvalue weighted by Gasteiger charge is -2.19. The van der Waals surface area contributed by atoms with E-state index >= 15 is 0 Å². The number of ether oxygens (including phenoxy) is 1. The van der Waals surface area contributed by atoms with Crippen LogP contribution in [-0.4, -0.2) is 28.9 Å². The average molecular weight is 388 g/mol. The predicted octanol–water partition coefficient (Wildman–Crippen LogP) is 4.32. The SMILES string of the molecule is CN(C(=O)OCc1ccccc1)C(=O)c1cnccc1C(Cl)(Cl)Cl. The zero-order valence-electron chi connectivity index (χ0n) is 12.6. The molecule has 0 aliphatic heterocycles. The van der Waals surface area contributed by atoms with Crippen LogP contribution in [0.5, 0.6) is 0 Å². The third-order valence-corrected chi connectivity index (χ3v) is 3.75. The van der Waals surface area contributed by atoms with E-state index in [-0.39, 0.29) is 17.7 Å². The van der Waals surface area contributed by atoms with Crippen LogP contribution >= 0.6 is 34.8 Å². The quantitative estimate of drug-likeness (QED) is 0.736. The smallest absolute Gasteiger partial charge is 0.416 e. The number of amides is 2. The van der Waals surface area contributed by atoms with Crippen molar-refractivity contribution in [3.05, 3.63) is 65.5 Å². The molecule has 24 heavy (non-hydrogen) atoms. The van der Waals surface area contributed by atoms with Gasteiger partial charge in [0.15, 0.2) is 0 Å². The Kier molecular flexibility index (Phi) is 6.04. The number of rotatable bonds is 3. The zero-order chi connectivity index (χ0) is 17.7. The van der Waals surface area contributed by atoms with E-state index in [4.69, 9.17) is 39.5 Å². The van der Waals surface area contributed by atoms with Crippen molar-refractivity contribution in [2.24, 2.45) is 0 Å². The van der Waals surface area contributed by atoms with Crippen molar-refractivity contribution in [2.45, 2.75) is 10.4 Å². The van der Waals surface area contributed by atoms with Gasteiger partial charge < -0.3 is 4.74 Å². The number of hydrogen-bond donors (Lipinski definition) is 0. The summed E-state index contributed by atoms with van der Waals surface area (Å²) in [5, 5.41) is 0. The average Bonchev–Trinajstić information content (AvgIpc) is 2.58. The lowest BCUT2D eigenvalue weighted by atomic mass is 10.1. The maximum atomic E-state index is 12.5. The molecular formula is C16H13Cl3N2O3. The molecule has 0 fully saturated rings. The van der Waals surface area contributed by atoms with Gasteiger partial charge in [0.05, 0.1) is 5.56 Å². The number of nitrogens with zero attached hydrogens (tertiary/aromatic N) is 2. The number of pyridine rings is 1. The van der Waals surface area contributed by atoms with Crippen LogP contribution in [0.2, 0.25) is 0 Å². The Morgan fingerprint density at radius 3 is 2.46 bits per heavy atom. The molecule has 0 radical (unpaired) electrons. The fraction of sp³-hybridized carbons (Fsp3) is 0.188. The Labute approximate surface area is 154 Å². The van der Waals surface area contributed by atoms with Gasteiger partial charge in [-0.05, 0) is 11.6 Å². The largest absolute Gasteiger partial charge is 0.444 e. The first kappa shape index (κ1) is 18.5. The second-order valence-electron chi connectivity index (χ2n) is 4.82. The molecule has 0 saturated carbocycles. The minimum atomic E-state index is -1.82. The van der Waals surface area contributed by atoms with Crippen molar-refractivity contribution in [3.8, 4) is 0 Å². The van der Waals surface area contributed by atoms with Gasteiger partial charge in [-0.25, -0.2) is 9.69 Å². The summed E-state index contributed by atoms with van der Waals surface area (Å²) in [6.07, 6.45) is 1.81. The second kappa shape index (κ2) is 7.83. The van der Waals surface area contributed by atoms with Crippen molar-refractivity contribution >= 4 is 46.8 Å². The van der Waals surface area contributed by atoms with Gasteiger partial charge in [-0.3, -0.25) is 9.78 Å². The van der Waals surface area contributed by atoms with Gasteiger partial charge >= 0.3 is 6.09 Å². The van der Waals surface area contributed by atoms with Crippen LogP contribution in [0.4, 0.5) is 4.79 Å². The zero-order valence-corrected chi connectivity index (χ0v) is 14.8.